The summed E-state index contributed by atoms with van der Waals surface area (Å²) < 4.78 is 7.95. The third kappa shape index (κ3) is 3.31. The van der Waals surface area contributed by atoms with Crippen molar-refractivity contribution in [3.63, 3.8) is 0 Å². The molecule has 2 unspecified atom stereocenters. The molecule has 2 aliphatic rings. The number of anilines is 2. The summed E-state index contributed by atoms with van der Waals surface area (Å²) in [4.78, 5) is 17.3. The second-order valence-electron chi connectivity index (χ2n) is 8.69. The topological polar surface area (TPSA) is 63.1 Å². The van der Waals surface area contributed by atoms with E-state index in [1.165, 1.54) is 23.2 Å². The van der Waals surface area contributed by atoms with Crippen molar-refractivity contribution in [1.29, 1.82) is 0 Å². The number of benzene rings is 2. The third-order valence-corrected chi connectivity index (χ3v) is 6.71. The van der Waals surface area contributed by atoms with E-state index in [0.717, 1.165) is 48.9 Å². The van der Waals surface area contributed by atoms with Gasteiger partial charge < -0.3 is 14.6 Å². The lowest BCUT2D eigenvalue weighted by Crippen LogP contribution is -2.29. The Morgan fingerprint density at radius 3 is 2.78 bits per heavy atom. The van der Waals surface area contributed by atoms with E-state index in [4.69, 9.17) is 9.84 Å². The normalized spacial score (nSPS) is 20.9. The van der Waals surface area contributed by atoms with Crippen LogP contribution in [0.2, 0.25) is 0 Å². The Hall–Kier alpha value is -3.38. The summed E-state index contributed by atoms with van der Waals surface area (Å²) in [7, 11) is 0. The van der Waals surface area contributed by atoms with E-state index in [9.17, 15) is 4.79 Å². The number of hydrogen-bond acceptors (Lipinski definition) is 4. The minimum absolute atomic E-state index is 0.0319. The molecule has 162 valence electrons. The number of para-hydroxylation sites is 1. The number of aromatic amines is 1. The van der Waals surface area contributed by atoms with Gasteiger partial charge in [-0.25, -0.2) is 4.68 Å². The highest BCUT2D eigenvalue weighted by Gasteiger charge is 2.31. The molecule has 1 saturated heterocycles. The Morgan fingerprint density at radius 1 is 0.969 bits per heavy atom. The molecule has 1 fully saturated rings. The maximum Gasteiger partial charge on any atom is 0.248 e. The molecule has 2 aliphatic heterocycles. The number of H-pyrrole nitrogens is 1. The molecular weight excluding hydrogens is 400 g/mol. The zero-order valence-corrected chi connectivity index (χ0v) is 17.9. The molecule has 0 bridgehead atoms. The van der Waals surface area contributed by atoms with Gasteiger partial charge in [0.05, 0.1) is 23.4 Å². The first-order valence-electron chi connectivity index (χ1n) is 11.4. The summed E-state index contributed by atoms with van der Waals surface area (Å²) in [6, 6.07) is 18.4. The number of aryl methyl sites for hydroxylation is 1. The fourth-order valence-electron chi connectivity index (χ4n) is 5.16. The number of hydrogen-bond donors (Lipinski definition) is 1. The van der Waals surface area contributed by atoms with Gasteiger partial charge in [-0.05, 0) is 61.9 Å². The molecule has 32 heavy (non-hydrogen) atoms. The van der Waals surface area contributed by atoms with Gasteiger partial charge in [0.2, 0.25) is 5.56 Å². The summed E-state index contributed by atoms with van der Waals surface area (Å²) in [5.74, 6) is 0. The molecule has 2 atom stereocenters. The monoisotopic (exact) mass is 426 g/mol. The largest absolute Gasteiger partial charge is 0.357 e. The van der Waals surface area contributed by atoms with Crippen molar-refractivity contribution in [3.05, 3.63) is 88.5 Å². The Morgan fingerprint density at radius 2 is 1.88 bits per heavy atom. The van der Waals surface area contributed by atoms with Crippen molar-refractivity contribution in [2.45, 2.75) is 44.4 Å². The van der Waals surface area contributed by atoms with Crippen molar-refractivity contribution in [2.75, 3.05) is 11.5 Å². The zero-order valence-electron chi connectivity index (χ0n) is 17.9. The van der Waals surface area contributed by atoms with Crippen molar-refractivity contribution in [2.24, 2.45) is 0 Å². The maximum absolute atomic E-state index is 11.9. The van der Waals surface area contributed by atoms with E-state index in [2.05, 4.69) is 46.4 Å². The minimum atomic E-state index is -0.0843. The van der Waals surface area contributed by atoms with E-state index >= 15 is 0 Å². The average molecular weight is 427 g/mol. The minimum Gasteiger partial charge on any atom is -0.357 e. The molecule has 2 aromatic heterocycles. The molecule has 6 heteroatoms. The molecule has 2 aromatic carbocycles. The molecular formula is C26H26N4O2. The first kappa shape index (κ1) is 19.3. The van der Waals surface area contributed by atoms with Crippen LogP contribution in [0.25, 0.3) is 10.9 Å². The van der Waals surface area contributed by atoms with Gasteiger partial charge >= 0.3 is 0 Å². The Balaban J connectivity index is 1.47. The first-order chi connectivity index (χ1) is 15.8. The van der Waals surface area contributed by atoms with Gasteiger partial charge in [-0.15, -0.1) is 0 Å². The molecule has 0 saturated carbocycles. The highest BCUT2D eigenvalue weighted by Crippen LogP contribution is 2.45. The number of aromatic nitrogens is 3. The van der Waals surface area contributed by atoms with Crippen LogP contribution in [0, 0.1) is 0 Å². The summed E-state index contributed by atoms with van der Waals surface area (Å²) in [6.45, 7) is 0.803. The zero-order chi connectivity index (χ0) is 21.5. The number of nitrogens with zero attached hydrogens (tertiary/aromatic N) is 3. The van der Waals surface area contributed by atoms with E-state index < -0.39 is 0 Å². The third-order valence-electron chi connectivity index (χ3n) is 6.71. The number of pyridine rings is 1. The lowest BCUT2D eigenvalue weighted by molar-refractivity contribution is -0.0395. The van der Waals surface area contributed by atoms with Gasteiger partial charge in [0.25, 0.3) is 0 Å². The van der Waals surface area contributed by atoms with Crippen LogP contribution in [-0.4, -0.2) is 21.4 Å². The quantitative estimate of drug-likeness (QED) is 0.486. The Bertz CT molecular complexity index is 1320. The Kier molecular flexibility index (Phi) is 4.80. The molecule has 6 rings (SSSR count). The summed E-state index contributed by atoms with van der Waals surface area (Å²) in [5.41, 5.74) is 5.60. The second-order valence-corrected chi connectivity index (χ2v) is 8.69. The van der Waals surface area contributed by atoms with Crippen LogP contribution in [0.15, 0.2) is 71.8 Å². The smallest absolute Gasteiger partial charge is 0.248 e. The second kappa shape index (κ2) is 7.95. The number of nitrogens with one attached hydrogen (secondary N) is 1. The van der Waals surface area contributed by atoms with Crippen molar-refractivity contribution >= 4 is 22.3 Å². The standard InChI is InChI=1S/C26H26N4O2/c31-25-14-12-20-21(28-25)7-5-9-24(20)30-22-8-2-1-6-18(22)11-13-23(30)19-16-27-29(17-19)26-10-3-4-15-32-26/h1-2,5-9,12,14,16-17,23,26H,3-4,10-11,13,15H2,(H,28,31). The molecule has 4 heterocycles. The van der Waals surface area contributed by atoms with Crippen LogP contribution < -0.4 is 10.5 Å². The SMILES string of the molecule is O=c1ccc2c(N3c4ccccc4CCC3c3cnn(C4CCCCO4)c3)cccc2[nH]1. The number of rotatable bonds is 3. The molecule has 4 aromatic rings. The highest BCUT2D eigenvalue weighted by atomic mass is 16.5. The fraction of sp³-hybridized carbons (Fsp3) is 0.308. The molecule has 1 N–H and O–H groups in total. The summed E-state index contributed by atoms with van der Waals surface area (Å²) in [5, 5.41) is 5.73. The lowest BCUT2D eigenvalue weighted by Gasteiger charge is -2.39. The van der Waals surface area contributed by atoms with Crippen molar-refractivity contribution < 1.29 is 4.74 Å². The highest BCUT2D eigenvalue weighted by molar-refractivity contribution is 5.94. The molecule has 6 nitrogen and oxygen atoms in total. The van der Waals surface area contributed by atoms with Crippen LogP contribution >= 0.6 is 0 Å². The van der Waals surface area contributed by atoms with E-state index in [0.29, 0.717) is 0 Å². The fourth-order valence-corrected chi connectivity index (χ4v) is 5.16. The number of ether oxygens (including phenoxy) is 1. The van der Waals surface area contributed by atoms with Crippen LogP contribution in [0.1, 0.15) is 49.1 Å². The molecule has 0 amide bonds. The van der Waals surface area contributed by atoms with Crippen molar-refractivity contribution in [1.82, 2.24) is 14.8 Å². The number of fused-ring (bicyclic) bond motifs is 2. The van der Waals surface area contributed by atoms with Gasteiger partial charge in [-0.3, -0.25) is 4.79 Å². The first-order valence-corrected chi connectivity index (χ1v) is 11.4. The predicted octanol–water partition coefficient (Wildman–Crippen LogP) is 5.25. The summed E-state index contributed by atoms with van der Waals surface area (Å²) >= 11 is 0. The van der Waals surface area contributed by atoms with Crippen LogP contribution in [0.5, 0.6) is 0 Å². The van der Waals surface area contributed by atoms with Crippen LogP contribution in [0.4, 0.5) is 11.4 Å². The predicted molar refractivity (Wildman–Crippen MR) is 125 cm³/mol. The molecule has 0 aliphatic carbocycles. The Labute approximate surface area is 186 Å². The van der Waals surface area contributed by atoms with Gasteiger partial charge in [0.15, 0.2) is 0 Å². The molecule has 0 radical (unpaired) electrons. The van der Waals surface area contributed by atoms with Gasteiger partial charge in [0.1, 0.15) is 6.23 Å². The van der Waals surface area contributed by atoms with Gasteiger partial charge in [-0.1, -0.05) is 24.3 Å². The maximum atomic E-state index is 11.9. The van der Waals surface area contributed by atoms with E-state index in [-0.39, 0.29) is 17.8 Å². The lowest BCUT2D eigenvalue weighted by atomic mass is 9.91. The molecule has 0 spiro atoms. The van der Waals surface area contributed by atoms with E-state index in [1.54, 1.807) is 6.07 Å². The van der Waals surface area contributed by atoms with Gasteiger partial charge in [0, 0.05) is 35.5 Å². The average Bonchev–Trinajstić information content (AvgIpc) is 3.33. The summed E-state index contributed by atoms with van der Waals surface area (Å²) in [6.07, 6.45) is 9.51. The van der Waals surface area contributed by atoms with Crippen LogP contribution in [-0.2, 0) is 11.2 Å². The van der Waals surface area contributed by atoms with E-state index in [1.807, 2.05) is 29.1 Å². The van der Waals surface area contributed by atoms with Gasteiger partial charge in [-0.2, -0.15) is 5.10 Å². The van der Waals surface area contributed by atoms with Crippen LogP contribution in [0.3, 0.4) is 0 Å². The van der Waals surface area contributed by atoms with Crippen molar-refractivity contribution in [3.8, 4) is 0 Å².